The standard InChI is InChI=1S/C4H3BrCl3F3/c5-4(10,11)3(8,9)2(7)1-6/h2H,1H2/t2-,3+/m1/s1. The van der Waals surface area contributed by atoms with Crippen molar-refractivity contribution in [3.05, 3.63) is 0 Å². The van der Waals surface area contributed by atoms with Crippen molar-refractivity contribution in [2.45, 2.75) is 15.3 Å². The SMILES string of the molecule is FC(F)(Br)[C@](F)(Cl)[C@H](Cl)CCl. The van der Waals surface area contributed by atoms with E-state index in [4.69, 9.17) is 34.8 Å². The van der Waals surface area contributed by atoms with E-state index in [1.54, 1.807) is 15.9 Å². The lowest BCUT2D eigenvalue weighted by Gasteiger charge is -2.25. The van der Waals surface area contributed by atoms with Crippen molar-refractivity contribution in [1.29, 1.82) is 0 Å². The highest BCUT2D eigenvalue weighted by atomic mass is 79.9. The zero-order valence-corrected chi connectivity index (χ0v) is 8.78. The van der Waals surface area contributed by atoms with Crippen LogP contribution in [0.4, 0.5) is 13.2 Å². The van der Waals surface area contributed by atoms with Crippen LogP contribution in [0.1, 0.15) is 0 Å². The van der Waals surface area contributed by atoms with Crippen molar-refractivity contribution in [3.63, 3.8) is 0 Å². The molecule has 0 bridgehead atoms. The molecule has 0 spiro atoms. The normalized spacial score (nSPS) is 21.0. The molecule has 0 rings (SSSR count). The van der Waals surface area contributed by atoms with Crippen LogP contribution >= 0.6 is 50.7 Å². The maximum absolute atomic E-state index is 12.7. The predicted molar refractivity (Wildman–Crippen MR) is 43.9 cm³/mol. The van der Waals surface area contributed by atoms with Gasteiger partial charge in [0.15, 0.2) is 0 Å². The van der Waals surface area contributed by atoms with Crippen LogP contribution in [0, 0.1) is 0 Å². The smallest absolute Gasteiger partial charge is 0.217 e. The molecule has 0 aromatic rings. The molecule has 0 unspecified atom stereocenters. The molecule has 0 saturated heterocycles. The highest BCUT2D eigenvalue weighted by Gasteiger charge is 2.56. The highest BCUT2D eigenvalue weighted by Crippen LogP contribution is 2.45. The van der Waals surface area contributed by atoms with Crippen molar-refractivity contribution in [3.8, 4) is 0 Å². The maximum atomic E-state index is 12.7. The Balaban J connectivity index is 4.45. The van der Waals surface area contributed by atoms with E-state index in [-0.39, 0.29) is 0 Å². The lowest BCUT2D eigenvalue weighted by molar-refractivity contribution is -0.00419. The lowest BCUT2D eigenvalue weighted by Crippen LogP contribution is -2.43. The van der Waals surface area contributed by atoms with Crippen LogP contribution in [0.3, 0.4) is 0 Å². The Labute approximate surface area is 85.1 Å². The van der Waals surface area contributed by atoms with Crippen LogP contribution in [-0.2, 0) is 0 Å². The van der Waals surface area contributed by atoms with Gasteiger partial charge in [-0.05, 0) is 15.9 Å². The van der Waals surface area contributed by atoms with E-state index >= 15 is 0 Å². The monoisotopic (exact) mass is 292 g/mol. The largest absolute Gasteiger partial charge is 0.349 e. The molecule has 0 amide bonds. The van der Waals surface area contributed by atoms with Crippen molar-refractivity contribution in [2.75, 3.05) is 5.88 Å². The molecule has 0 nitrogen and oxygen atoms in total. The zero-order valence-electron chi connectivity index (χ0n) is 4.93. The first kappa shape index (κ1) is 12.1. The predicted octanol–water partition coefficient (Wildman–Crippen LogP) is 3.72. The van der Waals surface area contributed by atoms with E-state index in [0.717, 1.165) is 0 Å². The quantitative estimate of drug-likeness (QED) is 0.696. The molecule has 0 aromatic heterocycles. The Morgan fingerprint density at radius 2 is 1.73 bits per heavy atom. The van der Waals surface area contributed by atoms with Gasteiger partial charge in [0.05, 0.1) is 0 Å². The lowest BCUT2D eigenvalue weighted by atomic mass is 10.3. The van der Waals surface area contributed by atoms with Gasteiger partial charge in [-0.2, -0.15) is 8.78 Å². The van der Waals surface area contributed by atoms with Gasteiger partial charge in [-0.3, -0.25) is 0 Å². The average molecular weight is 294 g/mol. The summed E-state index contributed by atoms with van der Waals surface area (Å²) in [6.07, 6.45) is 0. The summed E-state index contributed by atoms with van der Waals surface area (Å²) in [6, 6.07) is 0. The van der Waals surface area contributed by atoms with Gasteiger partial charge in [-0.25, -0.2) is 4.39 Å². The van der Waals surface area contributed by atoms with Crippen LogP contribution in [0.25, 0.3) is 0 Å². The van der Waals surface area contributed by atoms with Gasteiger partial charge in [-0.1, -0.05) is 11.6 Å². The van der Waals surface area contributed by atoms with Crippen LogP contribution in [0.5, 0.6) is 0 Å². The van der Waals surface area contributed by atoms with E-state index in [1.165, 1.54) is 0 Å². The summed E-state index contributed by atoms with van der Waals surface area (Å²) in [7, 11) is 0. The van der Waals surface area contributed by atoms with Crippen LogP contribution in [-0.4, -0.2) is 21.2 Å². The Hall–Kier alpha value is 1.14. The van der Waals surface area contributed by atoms with E-state index in [1.807, 2.05) is 0 Å². The third-order valence-corrected chi connectivity index (χ3v) is 3.25. The van der Waals surface area contributed by atoms with E-state index in [2.05, 4.69) is 0 Å². The molecule has 0 aromatic carbocycles. The minimum atomic E-state index is -3.89. The van der Waals surface area contributed by atoms with Gasteiger partial charge in [-0.15, -0.1) is 23.2 Å². The molecule has 11 heavy (non-hydrogen) atoms. The van der Waals surface area contributed by atoms with Gasteiger partial charge >= 0.3 is 4.83 Å². The maximum Gasteiger partial charge on any atom is 0.349 e. The van der Waals surface area contributed by atoms with Crippen molar-refractivity contribution in [2.24, 2.45) is 0 Å². The number of halogens is 7. The minimum absolute atomic E-state index is 0.497. The highest BCUT2D eigenvalue weighted by molar-refractivity contribution is 9.10. The van der Waals surface area contributed by atoms with Gasteiger partial charge in [0, 0.05) is 5.88 Å². The molecular formula is C4H3BrCl3F3. The van der Waals surface area contributed by atoms with Gasteiger partial charge in [0.25, 0.3) is 5.13 Å². The fraction of sp³-hybridized carbons (Fsp3) is 1.00. The summed E-state index contributed by atoms with van der Waals surface area (Å²) in [5.41, 5.74) is 0. The van der Waals surface area contributed by atoms with Gasteiger partial charge in [0.2, 0.25) is 0 Å². The summed E-state index contributed by atoms with van der Waals surface area (Å²) in [4.78, 5) is -3.89. The van der Waals surface area contributed by atoms with Crippen molar-refractivity contribution < 1.29 is 13.2 Å². The fourth-order valence-electron chi connectivity index (χ4n) is 0.274. The minimum Gasteiger partial charge on any atom is -0.217 e. The first-order valence-corrected chi connectivity index (χ1v) is 4.52. The average Bonchev–Trinajstić information content (AvgIpc) is 1.83. The van der Waals surface area contributed by atoms with Gasteiger partial charge in [0.1, 0.15) is 5.38 Å². The summed E-state index contributed by atoms with van der Waals surface area (Å²) in [5, 5.41) is -5.02. The van der Waals surface area contributed by atoms with Crippen LogP contribution in [0.2, 0.25) is 0 Å². The molecule has 0 N–H and O–H groups in total. The fourth-order valence-corrected chi connectivity index (χ4v) is 1.19. The Morgan fingerprint density at radius 1 is 1.36 bits per heavy atom. The molecule has 0 saturated carbocycles. The van der Waals surface area contributed by atoms with E-state index in [0.29, 0.717) is 0 Å². The molecule has 0 fully saturated rings. The topological polar surface area (TPSA) is 0 Å². The van der Waals surface area contributed by atoms with Crippen LogP contribution in [0.15, 0.2) is 0 Å². The molecule has 0 aliphatic carbocycles. The second-order valence-corrected chi connectivity index (χ2v) is 4.12. The second-order valence-electron chi connectivity index (χ2n) is 1.74. The van der Waals surface area contributed by atoms with Crippen molar-refractivity contribution >= 4 is 50.7 Å². The van der Waals surface area contributed by atoms with E-state index < -0.39 is 21.2 Å². The molecule has 0 aliphatic rings. The van der Waals surface area contributed by atoms with Crippen LogP contribution < -0.4 is 0 Å². The van der Waals surface area contributed by atoms with E-state index in [9.17, 15) is 13.2 Å². The molecule has 0 radical (unpaired) electrons. The number of hydrogen-bond acceptors (Lipinski definition) is 0. The third kappa shape index (κ3) is 2.83. The molecule has 2 atom stereocenters. The number of rotatable bonds is 3. The summed E-state index contributed by atoms with van der Waals surface area (Å²) < 4.78 is 37.2. The zero-order chi connectivity index (χ0) is 9.28. The second kappa shape index (κ2) is 3.90. The molecule has 0 heterocycles. The molecular weight excluding hydrogens is 291 g/mol. The molecule has 0 aliphatic heterocycles. The number of hydrogen-bond donors (Lipinski definition) is 0. The number of alkyl halides is 7. The summed E-state index contributed by atoms with van der Waals surface area (Å²) in [5.74, 6) is -0.497. The Bertz CT molecular complexity index is 135. The van der Waals surface area contributed by atoms with Gasteiger partial charge < -0.3 is 0 Å². The first-order valence-electron chi connectivity index (χ1n) is 2.38. The molecule has 68 valence electrons. The summed E-state index contributed by atoms with van der Waals surface area (Å²) in [6.45, 7) is 0. The van der Waals surface area contributed by atoms with Crippen molar-refractivity contribution in [1.82, 2.24) is 0 Å². The first-order chi connectivity index (χ1) is 4.73. The Morgan fingerprint density at radius 3 is 1.82 bits per heavy atom. The summed E-state index contributed by atoms with van der Waals surface area (Å²) >= 11 is 16.7. The molecule has 7 heteroatoms. The Kier molecular flexibility index (Phi) is 4.30. The third-order valence-electron chi connectivity index (χ3n) is 0.907.